The van der Waals surface area contributed by atoms with Gasteiger partial charge in [0.2, 0.25) is 11.8 Å². The maximum absolute atomic E-state index is 12.8. The van der Waals surface area contributed by atoms with Gasteiger partial charge in [-0.3, -0.25) is 19.3 Å². The Morgan fingerprint density at radius 3 is 2.24 bits per heavy atom. The van der Waals surface area contributed by atoms with E-state index in [2.05, 4.69) is 5.32 Å². The maximum atomic E-state index is 12.8. The average Bonchev–Trinajstić information content (AvgIpc) is 2.99. The first-order valence-corrected chi connectivity index (χ1v) is 9.59. The summed E-state index contributed by atoms with van der Waals surface area (Å²) >= 11 is 0. The number of aromatic carboxylic acids is 1. The maximum Gasteiger partial charge on any atom is 0.337 e. The minimum atomic E-state index is -1.15. The first-order chi connectivity index (χ1) is 14.0. The van der Waals surface area contributed by atoms with Crippen LogP contribution in [-0.4, -0.2) is 28.8 Å². The summed E-state index contributed by atoms with van der Waals surface area (Å²) in [5.74, 6) is -2.60. The Kier molecular flexibility index (Phi) is 4.88. The summed E-state index contributed by atoms with van der Waals surface area (Å²) in [7, 11) is 0. The molecular weight excluding hydrogens is 372 g/mol. The van der Waals surface area contributed by atoms with E-state index in [1.165, 1.54) is 23.1 Å². The molecule has 7 heteroatoms. The molecule has 2 fully saturated rings. The number of imide groups is 1. The van der Waals surface area contributed by atoms with Crippen LogP contribution in [0.25, 0.3) is 0 Å². The summed E-state index contributed by atoms with van der Waals surface area (Å²) < 4.78 is 0. The number of amides is 3. The average molecular weight is 392 g/mol. The van der Waals surface area contributed by atoms with E-state index in [0.717, 1.165) is 25.7 Å². The van der Waals surface area contributed by atoms with Crippen LogP contribution in [0.15, 0.2) is 48.5 Å². The molecule has 1 aliphatic carbocycles. The van der Waals surface area contributed by atoms with Crippen LogP contribution in [0.5, 0.6) is 0 Å². The van der Waals surface area contributed by atoms with E-state index < -0.39 is 11.9 Å². The third-order valence-corrected chi connectivity index (χ3v) is 5.61. The molecule has 2 N–H and O–H groups in total. The van der Waals surface area contributed by atoms with Gasteiger partial charge in [0.25, 0.3) is 5.91 Å². The third-order valence-electron chi connectivity index (χ3n) is 5.61. The largest absolute Gasteiger partial charge is 0.478 e. The van der Waals surface area contributed by atoms with Gasteiger partial charge >= 0.3 is 5.97 Å². The van der Waals surface area contributed by atoms with Gasteiger partial charge in [0, 0.05) is 5.56 Å². The molecule has 7 nitrogen and oxygen atoms in total. The number of carbonyl (C=O) groups excluding carboxylic acids is 3. The fourth-order valence-electron chi connectivity index (χ4n) is 4.18. The van der Waals surface area contributed by atoms with Crippen LogP contribution in [-0.2, 0) is 9.59 Å². The van der Waals surface area contributed by atoms with Crippen molar-refractivity contribution in [2.75, 3.05) is 10.2 Å². The Morgan fingerprint density at radius 2 is 1.59 bits per heavy atom. The molecule has 3 amide bonds. The van der Waals surface area contributed by atoms with Crippen LogP contribution in [0.2, 0.25) is 0 Å². The Labute approximate surface area is 167 Å². The van der Waals surface area contributed by atoms with Crippen molar-refractivity contribution in [3.8, 4) is 0 Å². The minimum absolute atomic E-state index is 0.0222. The lowest BCUT2D eigenvalue weighted by molar-refractivity contribution is -0.122. The van der Waals surface area contributed by atoms with Gasteiger partial charge in [-0.05, 0) is 43.2 Å². The number of hydrogen-bond donors (Lipinski definition) is 2. The molecular formula is C22H20N2O5. The van der Waals surface area contributed by atoms with Crippen molar-refractivity contribution < 1.29 is 24.3 Å². The van der Waals surface area contributed by atoms with Crippen molar-refractivity contribution >= 4 is 35.1 Å². The molecule has 0 aromatic heterocycles. The number of nitrogens with one attached hydrogen (secondary N) is 1. The molecule has 0 bridgehead atoms. The Bertz CT molecular complexity index is 992. The predicted octanol–water partition coefficient (Wildman–Crippen LogP) is 3.32. The van der Waals surface area contributed by atoms with Crippen LogP contribution in [0.1, 0.15) is 46.4 Å². The fourth-order valence-corrected chi connectivity index (χ4v) is 4.18. The monoisotopic (exact) mass is 392 g/mol. The predicted molar refractivity (Wildman–Crippen MR) is 106 cm³/mol. The summed E-state index contributed by atoms with van der Waals surface area (Å²) in [4.78, 5) is 50.8. The van der Waals surface area contributed by atoms with Crippen LogP contribution >= 0.6 is 0 Å². The molecule has 1 saturated carbocycles. The van der Waals surface area contributed by atoms with Gasteiger partial charge in [0.1, 0.15) is 0 Å². The summed E-state index contributed by atoms with van der Waals surface area (Å²) in [6, 6.07) is 12.4. The van der Waals surface area contributed by atoms with Crippen molar-refractivity contribution in [1.29, 1.82) is 0 Å². The second kappa shape index (κ2) is 7.50. The highest BCUT2D eigenvalue weighted by atomic mass is 16.4. The highest BCUT2D eigenvalue weighted by Gasteiger charge is 2.48. The van der Waals surface area contributed by atoms with E-state index in [-0.39, 0.29) is 40.5 Å². The smallest absolute Gasteiger partial charge is 0.337 e. The van der Waals surface area contributed by atoms with Gasteiger partial charge in [0.05, 0.1) is 28.8 Å². The molecule has 1 heterocycles. The van der Waals surface area contributed by atoms with Crippen LogP contribution in [0.4, 0.5) is 11.4 Å². The fraction of sp³-hybridized carbons (Fsp3) is 0.273. The number of fused-ring (bicyclic) bond motifs is 1. The summed E-state index contributed by atoms with van der Waals surface area (Å²) in [5.41, 5.74) is 0.757. The molecule has 2 aliphatic rings. The summed E-state index contributed by atoms with van der Waals surface area (Å²) in [5, 5.41) is 11.9. The zero-order valence-electron chi connectivity index (χ0n) is 15.6. The number of nitrogens with zero attached hydrogens (tertiary/aromatic N) is 1. The number of carboxylic acid groups (broad SMARTS) is 1. The van der Waals surface area contributed by atoms with Crippen molar-refractivity contribution in [1.82, 2.24) is 0 Å². The van der Waals surface area contributed by atoms with Crippen molar-refractivity contribution in [3.63, 3.8) is 0 Å². The Balaban J connectivity index is 1.59. The van der Waals surface area contributed by atoms with Gasteiger partial charge in [-0.15, -0.1) is 0 Å². The highest BCUT2D eigenvalue weighted by Crippen LogP contribution is 2.40. The van der Waals surface area contributed by atoms with Gasteiger partial charge < -0.3 is 10.4 Å². The third kappa shape index (κ3) is 3.40. The van der Waals surface area contributed by atoms with Crippen molar-refractivity contribution in [2.45, 2.75) is 25.7 Å². The minimum Gasteiger partial charge on any atom is -0.478 e. The number of hydrogen-bond acceptors (Lipinski definition) is 4. The molecule has 1 saturated heterocycles. The lowest BCUT2D eigenvalue weighted by Crippen LogP contribution is -2.31. The molecule has 0 unspecified atom stereocenters. The van der Waals surface area contributed by atoms with Crippen molar-refractivity contribution in [2.24, 2.45) is 11.8 Å². The lowest BCUT2D eigenvalue weighted by atomic mass is 9.81. The van der Waals surface area contributed by atoms with E-state index >= 15 is 0 Å². The first-order valence-electron chi connectivity index (χ1n) is 9.59. The van der Waals surface area contributed by atoms with E-state index in [1.54, 1.807) is 30.3 Å². The highest BCUT2D eigenvalue weighted by molar-refractivity contribution is 6.22. The van der Waals surface area contributed by atoms with Crippen molar-refractivity contribution in [3.05, 3.63) is 59.7 Å². The summed E-state index contributed by atoms with van der Waals surface area (Å²) in [6.45, 7) is 0. The molecule has 1 aliphatic heterocycles. The number of benzene rings is 2. The van der Waals surface area contributed by atoms with E-state index in [4.69, 9.17) is 0 Å². The normalized spacial score (nSPS) is 21.0. The zero-order chi connectivity index (χ0) is 20.5. The molecule has 29 heavy (non-hydrogen) atoms. The molecule has 2 aromatic carbocycles. The standard InChI is InChI=1S/C22H20N2O5/c25-19(23-18-11-4-3-10-17(18)22(28)29)13-6-5-7-14(12-13)24-20(26)15-8-1-2-9-16(15)21(24)27/h3-7,10-12,15-16H,1-2,8-9H2,(H,23,25)(H,28,29)/t15-,16-/m0/s1. The number of carbonyl (C=O) groups is 4. The molecule has 4 rings (SSSR count). The van der Waals surface area contributed by atoms with E-state index in [0.29, 0.717) is 5.69 Å². The Morgan fingerprint density at radius 1 is 0.931 bits per heavy atom. The van der Waals surface area contributed by atoms with Gasteiger partial charge in [-0.25, -0.2) is 4.79 Å². The topological polar surface area (TPSA) is 104 Å². The molecule has 0 spiro atoms. The first kappa shape index (κ1) is 18.9. The van der Waals surface area contributed by atoms with E-state index in [1.807, 2.05) is 0 Å². The quantitative estimate of drug-likeness (QED) is 0.777. The van der Waals surface area contributed by atoms with Gasteiger partial charge in [-0.2, -0.15) is 0 Å². The number of anilines is 2. The zero-order valence-corrected chi connectivity index (χ0v) is 15.6. The molecule has 2 aromatic rings. The molecule has 0 radical (unpaired) electrons. The Hall–Kier alpha value is -3.48. The second-order valence-electron chi connectivity index (χ2n) is 7.36. The van der Waals surface area contributed by atoms with E-state index in [9.17, 15) is 24.3 Å². The summed E-state index contributed by atoms with van der Waals surface area (Å²) in [6.07, 6.45) is 3.33. The van der Waals surface area contributed by atoms with Gasteiger partial charge in [-0.1, -0.05) is 31.0 Å². The van der Waals surface area contributed by atoms with Crippen LogP contribution in [0.3, 0.4) is 0 Å². The van der Waals surface area contributed by atoms with Crippen LogP contribution in [0, 0.1) is 11.8 Å². The number of carboxylic acids is 1. The SMILES string of the molecule is O=C(Nc1ccccc1C(=O)O)c1cccc(N2C(=O)[C@H]3CCCC[C@@H]3C2=O)c1. The second-order valence-corrected chi connectivity index (χ2v) is 7.36. The number of para-hydroxylation sites is 1. The van der Waals surface area contributed by atoms with Gasteiger partial charge in [0.15, 0.2) is 0 Å². The lowest BCUT2D eigenvalue weighted by Gasteiger charge is -2.19. The molecule has 148 valence electrons. The molecule has 2 atom stereocenters. The van der Waals surface area contributed by atoms with Crippen LogP contribution < -0.4 is 10.2 Å². The number of rotatable bonds is 4.